The minimum atomic E-state index is -0.664. The van der Waals surface area contributed by atoms with Gasteiger partial charge < -0.3 is 20.6 Å². The second-order valence-electron chi connectivity index (χ2n) is 10.2. The Hall–Kier alpha value is -1.58. The number of amides is 3. The smallest absolute Gasteiger partial charge is 0.244 e. The van der Waals surface area contributed by atoms with E-state index in [4.69, 9.17) is 0 Å². The Balaban J connectivity index is 1.63. The fraction of sp³-hybridized carbons (Fsp3) is 0.625. The molecule has 3 aliphatic heterocycles. The van der Waals surface area contributed by atoms with Crippen molar-refractivity contribution in [1.29, 1.82) is 0 Å². The van der Waals surface area contributed by atoms with Crippen LogP contribution in [0.25, 0.3) is 0 Å². The van der Waals surface area contributed by atoms with Crippen LogP contribution in [-0.2, 0) is 20.9 Å². The molecule has 3 aliphatic rings. The summed E-state index contributed by atoms with van der Waals surface area (Å²) in [7, 11) is 0. The highest BCUT2D eigenvalue weighted by molar-refractivity contribution is 9.09. The van der Waals surface area contributed by atoms with Crippen LogP contribution in [0, 0.1) is 11.8 Å². The zero-order valence-electron chi connectivity index (χ0n) is 19.2. The second kappa shape index (κ2) is 9.23. The first kappa shape index (κ1) is 24.5. The SMILES string of the molecule is CC(C)(C)NC(=O)C1N(CCCO)C(=O)[C@@H]2[C@@H](C(=O)NCc3ccccc3)[C@@H]3SC12CC3Br. The molecule has 0 radical (unpaired) electrons. The molecular weight excluding hydrogens is 506 g/mol. The monoisotopic (exact) mass is 537 g/mol. The van der Waals surface area contributed by atoms with Crippen molar-refractivity contribution in [2.45, 2.75) is 66.6 Å². The molecule has 0 aromatic heterocycles. The molecule has 2 bridgehead atoms. The Morgan fingerprint density at radius 1 is 1.24 bits per heavy atom. The van der Waals surface area contributed by atoms with E-state index in [1.165, 1.54) is 0 Å². The molecule has 4 rings (SSSR count). The third kappa shape index (κ3) is 4.44. The van der Waals surface area contributed by atoms with E-state index in [-0.39, 0.29) is 34.4 Å². The van der Waals surface area contributed by atoms with Crippen LogP contribution in [0.1, 0.15) is 39.2 Å². The van der Waals surface area contributed by atoms with Crippen molar-refractivity contribution >= 4 is 45.4 Å². The van der Waals surface area contributed by atoms with E-state index in [0.717, 1.165) is 5.56 Å². The first-order valence-corrected chi connectivity index (χ1v) is 13.3. The Labute approximate surface area is 207 Å². The molecule has 3 fully saturated rings. The summed E-state index contributed by atoms with van der Waals surface area (Å²) in [6, 6.07) is 9.02. The summed E-state index contributed by atoms with van der Waals surface area (Å²) in [4.78, 5) is 42.3. The maximum absolute atomic E-state index is 13.7. The second-order valence-corrected chi connectivity index (χ2v) is 12.9. The molecule has 3 amide bonds. The molecule has 1 aromatic carbocycles. The van der Waals surface area contributed by atoms with E-state index in [0.29, 0.717) is 25.9 Å². The van der Waals surface area contributed by atoms with Crippen LogP contribution in [0.5, 0.6) is 0 Å². The van der Waals surface area contributed by atoms with E-state index in [2.05, 4.69) is 26.6 Å². The molecule has 1 aromatic rings. The number of hydrogen-bond donors (Lipinski definition) is 3. The van der Waals surface area contributed by atoms with Crippen LogP contribution in [0.2, 0.25) is 0 Å². The first-order valence-electron chi connectivity index (χ1n) is 11.5. The van der Waals surface area contributed by atoms with E-state index in [9.17, 15) is 19.5 Å². The fourth-order valence-corrected chi connectivity index (χ4v) is 9.17. The van der Waals surface area contributed by atoms with Gasteiger partial charge in [0.05, 0.1) is 16.6 Å². The molecule has 0 aliphatic carbocycles. The predicted octanol–water partition coefficient (Wildman–Crippen LogP) is 2.06. The summed E-state index contributed by atoms with van der Waals surface area (Å²) >= 11 is 5.39. The summed E-state index contributed by atoms with van der Waals surface area (Å²) in [5, 5.41) is 15.4. The van der Waals surface area contributed by atoms with Crippen LogP contribution in [0.3, 0.4) is 0 Å². The van der Waals surface area contributed by atoms with Crippen LogP contribution in [-0.4, -0.2) is 67.3 Å². The highest BCUT2D eigenvalue weighted by atomic mass is 79.9. The van der Waals surface area contributed by atoms with Crippen LogP contribution < -0.4 is 10.6 Å². The van der Waals surface area contributed by atoms with Gasteiger partial charge >= 0.3 is 0 Å². The van der Waals surface area contributed by atoms with Crippen LogP contribution in [0.15, 0.2) is 30.3 Å². The molecule has 3 N–H and O–H groups in total. The lowest BCUT2D eigenvalue weighted by atomic mass is 9.70. The van der Waals surface area contributed by atoms with E-state index in [1.54, 1.807) is 16.7 Å². The largest absolute Gasteiger partial charge is 0.396 e. The predicted molar refractivity (Wildman–Crippen MR) is 132 cm³/mol. The van der Waals surface area contributed by atoms with Gasteiger partial charge in [-0.1, -0.05) is 46.3 Å². The number of nitrogens with zero attached hydrogens (tertiary/aromatic N) is 1. The van der Waals surface area contributed by atoms with Gasteiger partial charge in [0.15, 0.2) is 0 Å². The lowest BCUT2D eigenvalue weighted by Crippen LogP contribution is -2.57. The maximum atomic E-state index is 13.7. The molecule has 180 valence electrons. The number of aliphatic hydroxyl groups excluding tert-OH is 1. The number of fused-ring (bicyclic) bond motifs is 1. The molecule has 33 heavy (non-hydrogen) atoms. The zero-order valence-corrected chi connectivity index (χ0v) is 21.6. The van der Waals surface area contributed by atoms with E-state index in [1.807, 2.05) is 51.1 Å². The van der Waals surface area contributed by atoms with Gasteiger partial charge in [0.1, 0.15) is 6.04 Å². The molecule has 6 atom stereocenters. The number of aliphatic hydroxyl groups is 1. The van der Waals surface area contributed by atoms with Gasteiger partial charge in [0.2, 0.25) is 17.7 Å². The lowest BCUT2D eigenvalue weighted by molar-refractivity contribution is -0.140. The van der Waals surface area contributed by atoms with Crippen molar-refractivity contribution in [3.63, 3.8) is 0 Å². The number of carbonyl (C=O) groups excluding carboxylic acids is 3. The average molecular weight is 539 g/mol. The number of halogens is 1. The number of thioether (sulfide) groups is 1. The summed E-state index contributed by atoms with van der Waals surface area (Å²) < 4.78 is -0.657. The molecule has 3 saturated heterocycles. The molecule has 3 heterocycles. The first-order chi connectivity index (χ1) is 15.6. The Bertz CT molecular complexity index is 924. The minimum Gasteiger partial charge on any atom is -0.396 e. The van der Waals surface area contributed by atoms with Gasteiger partial charge in [-0.3, -0.25) is 14.4 Å². The number of hydrogen-bond acceptors (Lipinski definition) is 5. The van der Waals surface area contributed by atoms with Gasteiger partial charge in [-0.25, -0.2) is 0 Å². The van der Waals surface area contributed by atoms with Crippen molar-refractivity contribution in [3.8, 4) is 0 Å². The van der Waals surface area contributed by atoms with Gasteiger partial charge in [0, 0.05) is 35.3 Å². The highest BCUT2D eigenvalue weighted by Crippen LogP contribution is 2.67. The minimum absolute atomic E-state index is 0.0433. The Kier molecular flexibility index (Phi) is 6.86. The summed E-state index contributed by atoms with van der Waals surface area (Å²) in [5.41, 5.74) is 0.551. The van der Waals surface area contributed by atoms with Gasteiger partial charge in [-0.2, -0.15) is 0 Å². The third-order valence-corrected chi connectivity index (χ3v) is 9.93. The Morgan fingerprint density at radius 3 is 2.58 bits per heavy atom. The number of carbonyl (C=O) groups is 3. The molecule has 3 unspecified atom stereocenters. The van der Waals surface area contributed by atoms with Crippen molar-refractivity contribution < 1.29 is 19.5 Å². The molecule has 0 saturated carbocycles. The number of benzene rings is 1. The highest BCUT2D eigenvalue weighted by Gasteiger charge is 2.75. The summed E-state index contributed by atoms with van der Waals surface area (Å²) in [5.74, 6) is -1.53. The van der Waals surface area contributed by atoms with Crippen LogP contribution >= 0.6 is 27.7 Å². The van der Waals surface area contributed by atoms with Crippen molar-refractivity contribution in [2.75, 3.05) is 13.2 Å². The topological polar surface area (TPSA) is 98.7 Å². The molecule has 9 heteroatoms. The van der Waals surface area contributed by atoms with Gasteiger partial charge in [-0.05, 0) is 39.2 Å². The number of likely N-dealkylation sites (tertiary alicyclic amines) is 1. The number of nitrogens with one attached hydrogen (secondary N) is 2. The molecule has 7 nitrogen and oxygen atoms in total. The van der Waals surface area contributed by atoms with Crippen molar-refractivity contribution in [2.24, 2.45) is 11.8 Å². The van der Waals surface area contributed by atoms with Crippen molar-refractivity contribution in [1.82, 2.24) is 15.5 Å². The normalized spacial score (nSPS) is 32.7. The fourth-order valence-electron chi connectivity index (χ4n) is 5.55. The lowest BCUT2D eigenvalue weighted by Gasteiger charge is -2.36. The summed E-state index contributed by atoms with van der Waals surface area (Å²) in [6.07, 6.45) is 1.05. The quantitative estimate of drug-likeness (QED) is 0.462. The standard InChI is InChI=1S/C24H32BrN3O4S/c1-23(2,3)27-21(31)19-24-12-15(25)18(33-24)16(17(24)22(32)28(19)10-7-11-29)20(30)26-13-14-8-5-4-6-9-14/h4-6,8-9,15-19,29H,7,10-13H2,1-3H3,(H,26,30)(H,27,31)/t15?,16-,17+,18-,19?,24?/m1/s1. The third-order valence-electron chi connectivity index (χ3n) is 6.71. The maximum Gasteiger partial charge on any atom is 0.244 e. The Morgan fingerprint density at radius 2 is 1.94 bits per heavy atom. The van der Waals surface area contributed by atoms with Crippen molar-refractivity contribution in [3.05, 3.63) is 35.9 Å². The van der Waals surface area contributed by atoms with E-state index < -0.39 is 28.2 Å². The number of rotatable bonds is 7. The molecule has 1 spiro atoms. The summed E-state index contributed by atoms with van der Waals surface area (Å²) in [6.45, 7) is 6.39. The average Bonchev–Trinajstić information content (AvgIpc) is 3.33. The van der Waals surface area contributed by atoms with E-state index >= 15 is 0 Å². The van der Waals surface area contributed by atoms with Crippen LogP contribution in [0.4, 0.5) is 0 Å². The van der Waals surface area contributed by atoms with Gasteiger partial charge in [0.25, 0.3) is 0 Å². The molecular formula is C24H32BrN3O4S. The number of alkyl halides is 1. The zero-order chi connectivity index (χ0) is 24.0. The van der Waals surface area contributed by atoms with Gasteiger partial charge in [-0.15, -0.1) is 11.8 Å².